The van der Waals surface area contributed by atoms with Crippen molar-refractivity contribution in [1.82, 2.24) is 19.9 Å². The van der Waals surface area contributed by atoms with E-state index in [-0.39, 0.29) is 0 Å². The molecule has 2 aromatic carbocycles. The lowest BCUT2D eigenvalue weighted by molar-refractivity contribution is 0.871. The molecule has 2 aromatic heterocycles. The average Bonchev–Trinajstić information content (AvgIpc) is 3.01. The fraction of sp³-hybridized carbons (Fsp3) is 0.0526. The predicted octanol–water partition coefficient (Wildman–Crippen LogP) is 5.00. The van der Waals surface area contributed by atoms with Crippen LogP contribution in [-0.4, -0.2) is 26.1 Å². The van der Waals surface area contributed by atoms with Crippen molar-refractivity contribution in [2.75, 3.05) is 0 Å². The third-order valence-corrected chi connectivity index (χ3v) is 4.52. The van der Waals surface area contributed by atoms with E-state index in [1.165, 1.54) is 0 Å². The molecule has 128 valence electrons. The van der Waals surface area contributed by atoms with Crippen LogP contribution in [0.2, 0.25) is 5.15 Å². The Morgan fingerprint density at radius 1 is 1.15 bits per heavy atom. The van der Waals surface area contributed by atoms with Crippen LogP contribution in [0, 0.1) is 11.7 Å². The Morgan fingerprint density at radius 2 is 1.96 bits per heavy atom. The number of nitrogens with zero attached hydrogens (tertiary/aromatic N) is 4. The maximum atomic E-state index is 6.33. The zero-order valence-electron chi connectivity index (χ0n) is 13.8. The van der Waals surface area contributed by atoms with E-state index in [1.807, 2.05) is 61.5 Å². The number of nitrogens with one attached hydrogen (secondary N) is 1. The highest BCUT2D eigenvalue weighted by molar-refractivity contribution is 7.71. The van der Waals surface area contributed by atoms with Crippen LogP contribution in [0.15, 0.2) is 59.7 Å². The van der Waals surface area contributed by atoms with E-state index in [0.29, 0.717) is 21.3 Å². The fourth-order valence-corrected chi connectivity index (χ4v) is 3.03. The highest BCUT2D eigenvalue weighted by atomic mass is 35.5. The number of benzene rings is 2. The molecule has 0 saturated carbocycles. The quantitative estimate of drug-likeness (QED) is 0.309. The number of fused-ring (bicyclic) bond motifs is 1. The zero-order chi connectivity index (χ0) is 18.1. The molecule has 0 amide bonds. The first-order valence-corrected chi connectivity index (χ1v) is 8.74. The van der Waals surface area contributed by atoms with Crippen LogP contribution in [0.25, 0.3) is 22.3 Å². The van der Waals surface area contributed by atoms with Crippen LogP contribution < -0.4 is 0 Å². The van der Waals surface area contributed by atoms with Gasteiger partial charge >= 0.3 is 0 Å². The normalized spacial score (nSPS) is 11.5. The standard InChI is InChI=1S/C19H14ClN5S/c1-12-7-8-14-10-15(17(20)22-16(14)9-12)11-21-25-18(23-24-19(25)26)13-5-3-2-4-6-13/h2-11H,1H3,(H,24,26)/b21-11+. The second kappa shape index (κ2) is 6.82. The summed E-state index contributed by atoms with van der Waals surface area (Å²) < 4.78 is 1.97. The van der Waals surface area contributed by atoms with Crippen molar-refractivity contribution in [2.45, 2.75) is 6.92 Å². The van der Waals surface area contributed by atoms with E-state index in [0.717, 1.165) is 22.0 Å². The molecule has 7 heteroatoms. The molecule has 0 aliphatic rings. The zero-order valence-corrected chi connectivity index (χ0v) is 15.4. The first-order valence-electron chi connectivity index (χ1n) is 7.96. The minimum Gasteiger partial charge on any atom is -0.250 e. The van der Waals surface area contributed by atoms with Crippen molar-refractivity contribution in [2.24, 2.45) is 5.10 Å². The molecule has 0 radical (unpaired) electrons. The molecule has 26 heavy (non-hydrogen) atoms. The summed E-state index contributed by atoms with van der Waals surface area (Å²) in [6, 6.07) is 17.7. The van der Waals surface area contributed by atoms with Gasteiger partial charge in [0.25, 0.3) is 0 Å². The Kier molecular flexibility index (Phi) is 4.36. The Hall–Kier alpha value is -2.83. The Labute approximate surface area is 160 Å². The molecular weight excluding hydrogens is 366 g/mol. The van der Waals surface area contributed by atoms with Gasteiger partial charge in [0.15, 0.2) is 5.82 Å². The molecule has 2 heterocycles. The molecule has 0 aliphatic heterocycles. The summed E-state index contributed by atoms with van der Waals surface area (Å²) in [6.07, 6.45) is 1.65. The topological polar surface area (TPSA) is 58.9 Å². The number of halogens is 1. The maximum absolute atomic E-state index is 6.33. The number of H-pyrrole nitrogens is 1. The Bertz CT molecular complexity index is 1180. The molecule has 0 saturated heterocycles. The van der Waals surface area contributed by atoms with Crippen molar-refractivity contribution >= 4 is 40.9 Å². The smallest absolute Gasteiger partial charge is 0.216 e. The molecule has 0 atom stereocenters. The number of pyridine rings is 1. The lowest BCUT2D eigenvalue weighted by Crippen LogP contribution is -1.96. The summed E-state index contributed by atoms with van der Waals surface area (Å²) in [5, 5.41) is 12.9. The number of aromatic amines is 1. The Balaban J connectivity index is 1.77. The lowest BCUT2D eigenvalue weighted by atomic mass is 10.1. The van der Waals surface area contributed by atoms with Crippen LogP contribution in [0.4, 0.5) is 0 Å². The lowest BCUT2D eigenvalue weighted by Gasteiger charge is -2.04. The van der Waals surface area contributed by atoms with E-state index in [1.54, 1.807) is 10.9 Å². The summed E-state index contributed by atoms with van der Waals surface area (Å²) in [5.74, 6) is 0.632. The number of aromatic nitrogens is 4. The molecule has 4 rings (SSSR count). The summed E-state index contributed by atoms with van der Waals surface area (Å²) >= 11 is 11.6. The van der Waals surface area contributed by atoms with E-state index in [9.17, 15) is 0 Å². The number of rotatable bonds is 3. The highest BCUT2D eigenvalue weighted by Gasteiger charge is 2.08. The van der Waals surface area contributed by atoms with Gasteiger partial charge in [-0.05, 0) is 36.8 Å². The fourth-order valence-electron chi connectivity index (χ4n) is 2.65. The second-order valence-electron chi connectivity index (χ2n) is 5.84. The van der Waals surface area contributed by atoms with Gasteiger partial charge in [0.05, 0.1) is 11.7 Å². The molecule has 0 spiro atoms. The SMILES string of the molecule is Cc1ccc2cc(/C=N/n3c(-c4ccccc4)n[nH]c3=S)c(Cl)nc2c1. The largest absolute Gasteiger partial charge is 0.250 e. The molecule has 1 N–H and O–H groups in total. The Morgan fingerprint density at radius 3 is 2.77 bits per heavy atom. The molecule has 4 aromatic rings. The van der Waals surface area contributed by atoms with Crippen molar-refractivity contribution in [1.29, 1.82) is 0 Å². The van der Waals surface area contributed by atoms with Crippen molar-refractivity contribution in [3.05, 3.63) is 75.6 Å². The number of hydrogen-bond donors (Lipinski definition) is 1. The highest BCUT2D eigenvalue weighted by Crippen LogP contribution is 2.21. The summed E-state index contributed by atoms with van der Waals surface area (Å²) in [6.45, 7) is 2.02. The van der Waals surface area contributed by atoms with Crippen LogP contribution in [0.1, 0.15) is 11.1 Å². The third-order valence-electron chi connectivity index (χ3n) is 3.95. The van der Waals surface area contributed by atoms with Gasteiger partial charge in [0.2, 0.25) is 4.77 Å². The van der Waals surface area contributed by atoms with Gasteiger partial charge in [-0.25, -0.2) is 10.1 Å². The van der Waals surface area contributed by atoms with E-state index in [2.05, 4.69) is 20.3 Å². The first-order chi connectivity index (χ1) is 12.6. The average molecular weight is 380 g/mol. The van der Waals surface area contributed by atoms with Crippen LogP contribution in [-0.2, 0) is 0 Å². The second-order valence-corrected chi connectivity index (χ2v) is 6.58. The predicted molar refractivity (Wildman–Crippen MR) is 107 cm³/mol. The minimum absolute atomic E-state index is 0.392. The van der Waals surface area contributed by atoms with Gasteiger partial charge in [-0.1, -0.05) is 54.1 Å². The summed E-state index contributed by atoms with van der Waals surface area (Å²) in [5.41, 5.74) is 3.62. The van der Waals surface area contributed by atoms with Crippen LogP contribution in [0.3, 0.4) is 0 Å². The molecule has 0 aliphatic carbocycles. The van der Waals surface area contributed by atoms with E-state index in [4.69, 9.17) is 23.8 Å². The van der Waals surface area contributed by atoms with Gasteiger partial charge in [-0.2, -0.15) is 14.9 Å². The number of hydrogen-bond acceptors (Lipinski definition) is 4. The van der Waals surface area contributed by atoms with Gasteiger partial charge in [-0.3, -0.25) is 0 Å². The van der Waals surface area contributed by atoms with E-state index >= 15 is 0 Å². The molecular formula is C19H14ClN5S. The summed E-state index contributed by atoms with van der Waals surface area (Å²) in [4.78, 5) is 4.45. The van der Waals surface area contributed by atoms with Crippen molar-refractivity contribution < 1.29 is 0 Å². The van der Waals surface area contributed by atoms with Crippen LogP contribution in [0.5, 0.6) is 0 Å². The van der Waals surface area contributed by atoms with Gasteiger partial charge < -0.3 is 0 Å². The summed E-state index contributed by atoms with van der Waals surface area (Å²) in [7, 11) is 0. The van der Waals surface area contributed by atoms with Crippen molar-refractivity contribution in [3.63, 3.8) is 0 Å². The molecule has 0 fully saturated rings. The van der Waals surface area contributed by atoms with Gasteiger partial charge in [0, 0.05) is 16.5 Å². The minimum atomic E-state index is 0.392. The van der Waals surface area contributed by atoms with E-state index < -0.39 is 0 Å². The van der Waals surface area contributed by atoms with Crippen molar-refractivity contribution in [3.8, 4) is 11.4 Å². The molecule has 0 unspecified atom stereocenters. The monoisotopic (exact) mass is 379 g/mol. The maximum Gasteiger partial charge on any atom is 0.216 e. The number of aryl methyl sites for hydroxylation is 1. The van der Waals surface area contributed by atoms with Gasteiger partial charge in [0.1, 0.15) is 5.15 Å². The third kappa shape index (κ3) is 3.16. The van der Waals surface area contributed by atoms with Crippen LogP contribution >= 0.6 is 23.8 Å². The molecule has 5 nitrogen and oxygen atoms in total. The molecule has 0 bridgehead atoms. The van der Waals surface area contributed by atoms with Gasteiger partial charge in [-0.15, -0.1) is 0 Å². The first kappa shape index (κ1) is 16.6.